The van der Waals surface area contributed by atoms with Gasteiger partial charge in [0.25, 0.3) is 6.47 Å². The third-order valence-corrected chi connectivity index (χ3v) is 12.6. The number of imidazole rings is 1. The van der Waals surface area contributed by atoms with Crippen molar-refractivity contribution in [3.63, 3.8) is 0 Å². The van der Waals surface area contributed by atoms with Crippen LogP contribution in [0.2, 0.25) is 0 Å². The Kier molecular flexibility index (Phi) is 17.7. The fourth-order valence-electron chi connectivity index (χ4n) is 6.60. The zero-order valence-corrected chi connectivity index (χ0v) is 42.5. The maximum atomic E-state index is 10.5. The fraction of sp³-hybridized carbons (Fsp3) is 0.0667. The molecule has 304 valence electrons. The molecule has 9 aromatic rings. The van der Waals surface area contributed by atoms with Gasteiger partial charge in [0.15, 0.2) is 0 Å². The summed E-state index contributed by atoms with van der Waals surface area (Å²) in [6.45, 7) is -0.181. The number of para-hydroxylation sites is 2. The third kappa shape index (κ3) is 10.7. The number of benzene rings is 6. The van der Waals surface area contributed by atoms with Gasteiger partial charge in [-0.05, 0) is 83.6 Å². The van der Waals surface area contributed by atoms with Gasteiger partial charge in [-0.1, -0.05) is 128 Å². The number of nitrogen functional groups attached to an aromatic ring is 1. The number of alkyl halides is 1. The number of carbonyl (C=O) groups is 2. The van der Waals surface area contributed by atoms with Crippen molar-refractivity contribution in [2.45, 2.75) is 4.83 Å². The van der Waals surface area contributed by atoms with Gasteiger partial charge in [0.05, 0.1) is 42.0 Å². The summed E-state index contributed by atoms with van der Waals surface area (Å²) in [5, 5.41) is 15.0. The Morgan fingerprint density at radius 2 is 1.20 bits per heavy atom. The van der Waals surface area contributed by atoms with Crippen molar-refractivity contribution >= 4 is 147 Å². The summed E-state index contributed by atoms with van der Waals surface area (Å²) in [5.74, 6) is 2.16. The molecule has 1 unspecified atom stereocenters. The Hall–Kier alpha value is -3.90. The van der Waals surface area contributed by atoms with Crippen molar-refractivity contribution in [2.24, 2.45) is 0 Å². The van der Waals surface area contributed by atoms with Crippen molar-refractivity contribution in [1.29, 1.82) is 0 Å². The van der Waals surface area contributed by atoms with Crippen molar-refractivity contribution in [1.82, 2.24) is 14.4 Å². The number of aromatic nitrogens is 3. The fourth-order valence-corrected chi connectivity index (χ4v) is 10.6. The molecule has 2 N–H and O–H groups in total. The van der Waals surface area contributed by atoms with Crippen molar-refractivity contribution < 1.29 is 58.8 Å². The second-order valence-corrected chi connectivity index (χ2v) is 17.0. The van der Waals surface area contributed by atoms with E-state index in [2.05, 4.69) is 136 Å². The van der Waals surface area contributed by atoms with E-state index in [1.165, 1.54) is 10.8 Å². The van der Waals surface area contributed by atoms with Crippen molar-refractivity contribution in [2.75, 3.05) is 20.0 Å². The molecule has 3 heterocycles. The summed E-state index contributed by atoms with van der Waals surface area (Å²) in [5.41, 5.74) is 12.0. The molecule has 61 heavy (non-hydrogen) atoms. The molecule has 1 atom stereocenters. The van der Waals surface area contributed by atoms with E-state index in [-0.39, 0.29) is 40.9 Å². The number of hydrogen-bond donors (Lipinski definition) is 1. The third-order valence-electron chi connectivity index (χ3n) is 9.26. The van der Waals surface area contributed by atoms with Gasteiger partial charge in [-0.2, -0.15) is 0 Å². The maximum absolute atomic E-state index is 10.5. The Morgan fingerprint density at radius 1 is 0.672 bits per heavy atom. The van der Waals surface area contributed by atoms with Crippen LogP contribution < -0.4 is 50.0 Å². The van der Waals surface area contributed by atoms with Gasteiger partial charge >= 0.3 is 29.6 Å². The van der Waals surface area contributed by atoms with E-state index in [4.69, 9.17) is 30.2 Å². The first-order valence-corrected chi connectivity index (χ1v) is 21.8. The summed E-state index contributed by atoms with van der Waals surface area (Å²) < 4.78 is 16.8. The van der Waals surface area contributed by atoms with E-state index in [0.29, 0.717) is 5.82 Å². The van der Waals surface area contributed by atoms with Crippen LogP contribution in [0.5, 0.6) is 11.5 Å². The minimum atomic E-state index is -0.262. The largest absolute Gasteiger partial charge is 1.00 e. The summed E-state index contributed by atoms with van der Waals surface area (Å²) >= 11 is 17.4. The average molecular weight is 1150 g/mol. The average Bonchev–Trinajstić information content (AvgIpc) is 3.71. The number of methoxy groups -OCH3 is 2. The van der Waals surface area contributed by atoms with Gasteiger partial charge in [-0.15, -0.1) is 0 Å². The Labute approximate surface area is 414 Å². The SMILES string of the molecule is COc1ccc2c(c1)c(N)nc1ccccc12.COc1ccc2c3ccccc3n3c(-c4c(Br)cccc4Br)cnc3c2c1.O=CC(Br)c1c(Br)cccc1Br.O=CO[O-].[Na+]. The standard InChI is InChI=1S/C22H14Br2N2O.C14H12N2O.C8H5Br3O.CH2O3.Na/c1-27-13-9-10-14-15-5-2-3-8-19(15)26-20(12-25-22(26)16(14)11-13)21-17(23)6-4-7-18(21)24;1-17-9-6-7-10-11-4-2-3-5-13(11)16-14(15)12(10)8-9;9-5-2-1-3-6(10)8(5)7(11)4-12;2-1-4-3;/h2-12H,1H3;2-8H,1H3,(H2,15,16);1-4,7H;1,3H;/q;;;;+1/p-1. The van der Waals surface area contributed by atoms with E-state index in [0.717, 1.165) is 90.7 Å². The number of carbonyl (C=O) groups excluding carboxylic acids is 2. The molecule has 16 heteroatoms. The first-order valence-electron chi connectivity index (χ1n) is 17.7. The monoisotopic (exact) mass is 1140 g/mol. The van der Waals surface area contributed by atoms with Crippen LogP contribution in [-0.4, -0.2) is 41.3 Å². The normalized spacial score (nSPS) is 11.0. The number of hydrogen-bond acceptors (Lipinski definition) is 9. The van der Waals surface area contributed by atoms with Crippen molar-refractivity contribution in [3.05, 3.63) is 151 Å². The predicted octanol–water partition coefficient (Wildman–Crippen LogP) is 9.11. The Balaban J connectivity index is 0.000000178. The predicted molar refractivity (Wildman–Crippen MR) is 255 cm³/mol. The van der Waals surface area contributed by atoms with Crippen LogP contribution in [0.3, 0.4) is 0 Å². The van der Waals surface area contributed by atoms with E-state index in [9.17, 15) is 4.79 Å². The number of nitrogens with zero attached hydrogens (tertiary/aromatic N) is 3. The number of nitrogens with two attached hydrogens (primary N) is 1. The van der Waals surface area contributed by atoms with E-state index in [1.807, 2.05) is 85.1 Å². The first-order chi connectivity index (χ1) is 29.1. The molecule has 0 bridgehead atoms. The number of anilines is 1. The summed E-state index contributed by atoms with van der Waals surface area (Å²) in [6, 6.07) is 40.3. The second kappa shape index (κ2) is 22.5. The summed E-state index contributed by atoms with van der Waals surface area (Å²) in [7, 11) is 3.33. The number of halogens is 5. The Bertz CT molecular complexity index is 2970. The van der Waals surface area contributed by atoms with Crippen LogP contribution in [0.15, 0.2) is 145 Å². The first kappa shape index (κ1) is 48.1. The molecule has 0 aliphatic carbocycles. The van der Waals surface area contributed by atoms with Crippen LogP contribution in [0.1, 0.15) is 10.4 Å². The zero-order valence-electron chi connectivity index (χ0n) is 32.6. The van der Waals surface area contributed by atoms with Crippen LogP contribution in [-0.2, 0) is 14.5 Å². The van der Waals surface area contributed by atoms with Crippen molar-refractivity contribution in [3.8, 4) is 22.8 Å². The molecule has 0 aliphatic rings. The molecule has 0 saturated heterocycles. The van der Waals surface area contributed by atoms with Crippen LogP contribution in [0.4, 0.5) is 5.82 Å². The molecule has 0 amide bonds. The molecule has 3 aromatic heterocycles. The van der Waals surface area contributed by atoms with E-state index in [1.54, 1.807) is 14.2 Å². The van der Waals surface area contributed by atoms with Crippen LogP contribution in [0, 0.1) is 0 Å². The molecule has 0 aliphatic heterocycles. The van der Waals surface area contributed by atoms with E-state index < -0.39 is 0 Å². The number of fused-ring (bicyclic) bond motifs is 9. The molecule has 10 nitrogen and oxygen atoms in total. The van der Waals surface area contributed by atoms with Gasteiger partial charge < -0.3 is 30.1 Å². The molecular weight excluding hydrogens is 1120 g/mol. The van der Waals surface area contributed by atoms with Crippen LogP contribution >= 0.6 is 79.6 Å². The minimum absolute atomic E-state index is 0. The quantitative estimate of drug-likeness (QED) is 0.0431. The molecule has 0 fully saturated rings. The molecule has 0 radical (unpaired) electrons. The molecule has 0 spiro atoms. The van der Waals surface area contributed by atoms with Crippen LogP contribution in [0.25, 0.3) is 60.3 Å². The number of aldehydes is 1. The summed E-state index contributed by atoms with van der Waals surface area (Å²) in [4.78, 5) is 30.7. The molecule has 0 saturated carbocycles. The van der Waals surface area contributed by atoms with Gasteiger partial charge in [-0.3, -0.25) is 9.20 Å². The van der Waals surface area contributed by atoms with Gasteiger partial charge in [-0.25, -0.2) is 9.97 Å². The molecule has 9 rings (SSSR count). The topological polar surface area (TPSA) is 141 Å². The van der Waals surface area contributed by atoms with Gasteiger partial charge in [0.1, 0.15) is 29.3 Å². The smallest absolute Gasteiger partial charge is 0.662 e. The maximum Gasteiger partial charge on any atom is 1.00 e. The number of ether oxygens (including phenoxy) is 2. The molecular formula is C45H32Br5N4NaO6. The number of pyridine rings is 2. The second-order valence-electron chi connectivity index (χ2n) is 12.6. The van der Waals surface area contributed by atoms with Gasteiger partial charge in [0.2, 0.25) is 0 Å². The summed E-state index contributed by atoms with van der Waals surface area (Å²) in [6.07, 6.45) is 2.79. The van der Waals surface area contributed by atoms with E-state index >= 15 is 0 Å². The number of rotatable bonds is 6. The minimum Gasteiger partial charge on any atom is -0.662 e. The Morgan fingerprint density at radius 3 is 1.77 bits per heavy atom. The zero-order chi connectivity index (χ0) is 42.9. The van der Waals surface area contributed by atoms with Gasteiger partial charge in [0, 0.05) is 50.6 Å². The molecule has 6 aromatic carbocycles.